The summed E-state index contributed by atoms with van der Waals surface area (Å²) >= 11 is 0. The number of aromatic nitrogens is 3. The number of rotatable bonds is 6. The van der Waals surface area contributed by atoms with Gasteiger partial charge in [-0.25, -0.2) is 0 Å². The molecule has 24 heavy (non-hydrogen) atoms. The molecule has 0 radical (unpaired) electrons. The molecule has 1 amide bonds. The van der Waals surface area contributed by atoms with Crippen molar-refractivity contribution in [2.45, 2.75) is 18.6 Å². The summed E-state index contributed by atoms with van der Waals surface area (Å²) in [4.78, 5) is 16.4. The van der Waals surface area contributed by atoms with Crippen LogP contribution in [0.3, 0.4) is 0 Å². The fraction of sp³-hybridized carbons (Fsp3) is 0.438. The van der Waals surface area contributed by atoms with Crippen LogP contribution in [0, 0.1) is 0 Å². The molecule has 1 N–H and O–H groups in total. The molecule has 0 saturated carbocycles. The Morgan fingerprint density at radius 3 is 2.92 bits per heavy atom. The van der Waals surface area contributed by atoms with Gasteiger partial charge >= 0.3 is 0 Å². The van der Waals surface area contributed by atoms with Crippen molar-refractivity contribution in [1.29, 1.82) is 0 Å². The molecule has 1 saturated heterocycles. The lowest BCUT2D eigenvalue weighted by Crippen LogP contribution is -2.45. The molecule has 2 aromatic heterocycles. The second kappa shape index (κ2) is 7.31. The van der Waals surface area contributed by atoms with Crippen LogP contribution in [0.4, 0.5) is 0 Å². The Morgan fingerprint density at radius 2 is 2.25 bits per heavy atom. The van der Waals surface area contributed by atoms with E-state index in [1.54, 1.807) is 42.5 Å². The molecule has 2 aromatic rings. The molecule has 1 aliphatic heterocycles. The Kier molecular flexibility index (Phi) is 4.95. The van der Waals surface area contributed by atoms with Crippen molar-refractivity contribution in [2.75, 3.05) is 20.3 Å². The average molecular weight is 332 g/mol. The molecular formula is C16H20N4O4. The topological polar surface area (TPSA) is 87.5 Å². The third kappa shape index (κ3) is 4.02. The largest absolute Gasteiger partial charge is 0.495 e. The summed E-state index contributed by atoms with van der Waals surface area (Å²) in [6.07, 6.45) is 4.97. The number of pyridine rings is 1. The molecule has 0 bridgehead atoms. The summed E-state index contributed by atoms with van der Waals surface area (Å²) in [5.41, 5.74) is 0.678. The van der Waals surface area contributed by atoms with Crippen molar-refractivity contribution < 1.29 is 19.0 Å². The van der Waals surface area contributed by atoms with Gasteiger partial charge < -0.3 is 19.5 Å². The van der Waals surface area contributed by atoms with Gasteiger partial charge in [0.05, 0.1) is 51.4 Å². The summed E-state index contributed by atoms with van der Waals surface area (Å²) < 4.78 is 18.0. The standard InChI is InChI=1S/C16H20N4O4/c1-20-8-13(7-18-20)24-15-10-23-9-14(15)19-16(21)5-11-3-4-12(22-2)6-17-11/h3-4,6-8,14-15H,5,9-10H2,1-2H3,(H,19,21)/t14-,15+/m0/s1. The van der Waals surface area contributed by atoms with Gasteiger partial charge in [-0.15, -0.1) is 0 Å². The minimum Gasteiger partial charge on any atom is -0.495 e. The second-order valence-electron chi connectivity index (χ2n) is 5.58. The molecule has 0 aliphatic carbocycles. The molecule has 128 valence electrons. The van der Waals surface area contributed by atoms with Gasteiger partial charge in [-0.3, -0.25) is 14.5 Å². The zero-order valence-corrected chi connectivity index (χ0v) is 13.6. The molecule has 2 atom stereocenters. The molecule has 3 heterocycles. The van der Waals surface area contributed by atoms with E-state index >= 15 is 0 Å². The molecule has 1 fully saturated rings. The predicted molar refractivity (Wildman–Crippen MR) is 84.9 cm³/mol. The van der Waals surface area contributed by atoms with Crippen LogP contribution < -0.4 is 14.8 Å². The maximum Gasteiger partial charge on any atom is 0.226 e. The van der Waals surface area contributed by atoms with Gasteiger partial charge in [0.25, 0.3) is 0 Å². The zero-order chi connectivity index (χ0) is 16.9. The number of hydrogen-bond acceptors (Lipinski definition) is 6. The predicted octanol–water partition coefficient (Wildman–Crippen LogP) is 0.329. The fourth-order valence-corrected chi connectivity index (χ4v) is 2.48. The SMILES string of the molecule is COc1ccc(CC(=O)N[C@H]2COC[C@H]2Oc2cnn(C)c2)nc1. The molecule has 8 heteroatoms. The number of ether oxygens (including phenoxy) is 3. The summed E-state index contributed by atoms with van der Waals surface area (Å²) in [6, 6.07) is 3.35. The normalized spacial score (nSPS) is 19.9. The van der Waals surface area contributed by atoms with Crippen molar-refractivity contribution in [2.24, 2.45) is 7.05 Å². The van der Waals surface area contributed by atoms with Crippen LogP contribution in [-0.4, -0.2) is 53.1 Å². The summed E-state index contributed by atoms with van der Waals surface area (Å²) in [5, 5.41) is 7.01. The minimum absolute atomic E-state index is 0.122. The minimum atomic E-state index is -0.234. The number of methoxy groups -OCH3 is 1. The maximum absolute atomic E-state index is 12.2. The summed E-state index contributed by atoms with van der Waals surface area (Å²) in [6.45, 7) is 0.855. The van der Waals surface area contributed by atoms with Crippen LogP contribution in [0.15, 0.2) is 30.7 Å². The maximum atomic E-state index is 12.2. The van der Waals surface area contributed by atoms with Gasteiger partial charge in [0.15, 0.2) is 5.75 Å². The summed E-state index contributed by atoms with van der Waals surface area (Å²) in [5.74, 6) is 1.19. The van der Waals surface area contributed by atoms with E-state index in [0.29, 0.717) is 30.4 Å². The summed E-state index contributed by atoms with van der Waals surface area (Å²) in [7, 11) is 3.39. The molecular weight excluding hydrogens is 312 g/mol. The monoisotopic (exact) mass is 332 g/mol. The Balaban J connectivity index is 1.54. The third-order valence-corrected chi connectivity index (χ3v) is 3.72. The van der Waals surface area contributed by atoms with Crippen molar-refractivity contribution >= 4 is 5.91 Å². The van der Waals surface area contributed by atoms with Gasteiger partial charge in [-0.1, -0.05) is 0 Å². The molecule has 3 rings (SSSR count). The van der Waals surface area contributed by atoms with Crippen molar-refractivity contribution in [1.82, 2.24) is 20.1 Å². The van der Waals surface area contributed by atoms with E-state index in [1.165, 1.54) is 0 Å². The number of aryl methyl sites for hydroxylation is 1. The van der Waals surface area contributed by atoms with E-state index in [4.69, 9.17) is 14.2 Å². The van der Waals surface area contributed by atoms with E-state index in [1.807, 2.05) is 7.05 Å². The highest BCUT2D eigenvalue weighted by molar-refractivity contribution is 5.78. The first-order valence-corrected chi connectivity index (χ1v) is 7.65. The van der Waals surface area contributed by atoms with Crippen LogP contribution in [0.2, 0.25) is 0 Å². The number of nitrogens with one attached hydrogen (secondary N) is 1. The van der Waals surface area contributed by atoms with E-state index < -0.39 is 0 Å². The van der Waals surface area contributed by atoms with Crippen LogP contribution >= 0.6 is 0 Å². The number of carbonyl (C=O) groups excluding carboxylic acids is 1. The van der Waals surface area contributed by atoms with E-state index in [2.05, 4.69) is 15.4 Å². The van der Waals surface area contributed by atoms with E-state index in [9.17, 15) is 4.79 Å². The lowest BCUT2D eigenvalue weighted by Gasteiger charge is -2.19. The zero-order valence-electron chi connectivity index (χ0n) is 13.6. The Bertz CT molecular complexity index is 686. The molecule has 0 aromatic carbocycles. The van der Waals surface area contributed by atoms with Crippen LogP contribution in [0.25, 0.3) is 0 Å². The Morgan fingerprint density at radius 1 is 1.38 bits per heavy atom. The quantitative estimate of drug-likeness (QED) is 0.820. The lowest BCUT2D eigenvalue weighted by molar-refractivity contribution is -0.121. The highest BCUT2D eigenvalue weighted by Gasteiger charge is 2.31. The van der Waals surface area contributed by atoms with E-state index in [-0.39, 0.29) is 24.5 Å². The van der Waals surface area contributed by atoms with Gasteiger partial charge in [0.2, 0.25) is 5.91 Å². The lowest BCUT2D eigenvalue weighted by atomic mass is 10.2. The highest BCUT2D eigenvalue weighted by Crippen LogP contribution is 2.16. The van der Waals surface area contributed by atoms with Crippen molar-refractivity contribution in [3.63, 3.8) is 0 Å². The van der Waals surface area contributed by atoms with Crippen LogP contribution in [-0.2, 0) is 23.0 Å². The molecule has 8 nitrogen and oxygen atoms in total. The number of nitrogens with zero attached hydrogens (tertiary/aromatic N) is 3. The molecule has 0 spiro atoms. The second-order valence-corrected chi connectivity index (χ2v) is 5.58. The first-order chi connectivity index (χ1) is 11.6. The van der Waals surface area contributed by atoms with Gasteiger partial charge in [-0.05, 0) is 12.1 Å². The molecule has 0 unspecified atom stereocenters. The number of carbonyl (C=O) groups is 1. The average Bonchev–Trinajstić information content (AvgIpc) is 3.18. The first kappa shape index (κ1) is 16.3. The third-order valence-electron chi connectivity index (χ3n) is 3.72. The van der Waals surface area contributed by atoms with Crippen molar-refractivity contribution in [3.05, 3.63) is 36.4 Å². The molecule has 1 aliphatic rings. The van der Waals surface area contributed by atoms with Crippen LogP contribution in [0.5, 0.6) is 11.5 Å². The Labute approximate surface area is 139 Å². The van der Waals surface area contributed by atoms with Crippen molar-refractivity contribution in [3.8, 4) is 11.5 Å². The Hall–Kier alpha value is -2.61. The smallest absolute Gasteiger partial charge is 0.226 e. The van der Waals surface area contributed by atoms with Gasteiger partial charge in [-0.2, -0.15) is 5.10 Å². The van der Waals surface area contributed by atoms with E-state index in [0.717, 1.165) is 0 Å². The number of hydrogen-bond donors (Lipinski definition) is 1. The fourth-order valence-electron chi connectivity index (χ4n) is 2.48. The van der Waals surface area contributed by atoms with Gasteiger partial charge in [0.1, 0.15) is 11.9 Å². The van der Waals surface area contributed by atoms with Gasteiger partial charge in [0, 0.05) is 12.7 Å². The highest BCUT2D eigenvalue weighted by atomic mass is 16.5. The van der Waals surface area contributed by atoms with Crippen LogP contribution in [0.1, 0.15) is 5.69 Å². The first-order valence-electron chi connectivity index (χ1n) is 7.65. The number of amides is 1.